The molecule has 4 aromatic heterocycles. The number of oxazole rings is 1. The van der Waals surface area contributed by atoms with Gasteiger partial charge >= 0.3 is 0 Å². The number of H-pyrrole nitrogens is 1. The van der Waals surface area contributed by atoms with Gasteiger partial charge < -0.3 is 9.40 Å². The van der Waals surface area contributed by atoms with Gasteiger partial charge in [-0.05, 0) is 23.8 Å². The van der Waals surface area contributed by atoms with E-state index in [4.69, 9.17) is 11.0 Å². The van der Waals surface area contributed by atoms with Crippen molar-refractivity contribution in [3.63, 3.8) is 0 Å². The molecule has 27 heavy (non-hydrogen) atoms. The van der Waals surface area contributed by atoms with Crippen LogP contribution in [-0.4, -0.2) is 24.7 Å². The Hall–Kier alpha value is -4.25. The summed E-state index contributed by atoms with van der Waals surface area (Å²) in [6.45, 7) is 7.15. The Balaban J connectivity index is 1.84. The molecule has 8 heteroatoms. The van der Waals surface area contributed by atoms with Gasteiger partial charge in [-0.3, -0.25) is 4.79 Å². The smallest absolute Gasteiger partial charge is 0.224 e. The van der Waals surface area contributed by atoms with Crippen molar-refractivity contribution < 1.29 is 4.42 Å². The Morgan fingerprint density at radius 2 is 2.15 bits per heavy atom. The second-order valence-corrected chi connectivity index (χ2v) is 5.89. The first-order valence-corrected chi connectivity index (χ1v) is 8.01. The maximum atomic E-state index is 12.3. The summed E-state index contributed by atoms with van der Waals surface area (Å²) in [6, 6.07) is 8.79. The molecule has 0 unspecified atom stereocenters. The molecule has 5 rings (SSSR count). The summed E-state index contributed by atoms with van der Waals surface area (Å²) in [5.74, 6) is 0.498. The van der Waals surface area contributed by atoms with Gasteiger partial charge in [0.25, 0.3) is 0 Å². The summed E-state index contributed by atoms with van der Waals surface area (Å²) in [5, 5.41) is 4.70. The van der Waals surface area contributed by atoms with Crippen molar-refractivity contribution in [3.8, 4) is 16.9 Å². The molecule has 0 radical (unpaired) electrons. The molecule has 0 aliphatic heterocycles. The van der Waals surface area contributed by atoms with Crippen LogP contribution in [0.25, 0.3) is 43.9 Å². The van der Waals surface area contributed by atoms with Gasteiger partial charge in [-0.1, -0.05) is 6.07 Å². The molecule has 0 saturated heterocycles. The highest BCUT2D eigenvalue weighted by atomic mass is 16.3. The minimum absolute atomic E-state index is 0.132. The van der Waals surface area contributed by atoms with Crippen LogP contribution in [0.5, 0.6) is 0 Å². The van der Waals surface area contributed by atoms with E-state index in [-0.39, 0.29) is 5.43 Å². The molecular formula is C19H10N6O2. The number of rotatable bonds is 2. The van der Waals surface area contributed by atoms with E-state index in [1.165, 1.54) is 23.3 Å². The van der Waals surface area contributed by atoms with E-state index in [0.29, 0.717) is 33.7 Å². The van der Waals surface area contributed by atoms with Crippen molar-refractivity contribution in [3.05, 3.63) is 77.0 Å². The molecule has 0 atom stereocenters. The molecule has 1 N–H and O–H groups in total. The largest absolute Gasteiger partial charge is 0.443 e. The van der Waals surface area contributed by atoms with Crippen molar-refractivity contribution in [1.82, 2.24) is 24.7 Å². The Kier molecular flexibility index (Phi) is 3.14. The summed E-state index contributed by atoms with van der Waals surface area (Å²) in [7, 11) is 0. The number of benzene rings is 1. The van der Waals surface area contributed by atoms with E-state index in [1.54, 1.807) is 18.5 Å². The van der Waals surface area contributed by atoms with Crippen molar-refractivity contribution in [2.45, 2.75) is 0 Å². The van der Waals surface area contributed by atoms with E-state index in [1.807, 2.05) is 18.2 Å². The van der Waals surface area contributed by atoms with Gasteiger partial charge in [-0.25, -0.2) is 19.5 Å². The third kappa shape index (κ3) is 2.38. The lowest BCUT2D eigenvalue weighted by Crippen LogP contribution is -2.07. The molecule has 1 aromatic carbocycles. The van der Waals surface area contributed by atoms with Crippen LogP contribution in [0.3, 0.4) is 0 Å². The number of pyridine rings is 2. The fourth-order valence-electron chi connectivity index (χ4n) is 2.98. The molecule has 0 saturated carbocycles. The van der Waals surface area contributed by atoms with Crippen LogP contribution in [0.1, 0.15) is 0 Å². The van der Waals surface area contributed by atoms with Crippen molar-refractivity contribution in [2.24, 2.45) is 0 Å². The number of nitrogens with one attached hydrogen (secondary N) is 1. The fourth-order valence-corrected chi connectivity index (χ4v) is 2.98. The molecule has 0 bridgehead atoms. The Bertz CT molecular complexity index is 1420. The predicted molar refractivity (Wildman–Crippen MR) is 98.8 cm³/mol. The lowest BCUT2D eigenvalue weighted by Gasteiger charge is -2.11. The topological polar surface area (TPSA) is 94.0 Å². The van der Waals surface area contributed by atoms with Gasteiger partial charge in [-0.2, -0.15) is 5.10 Å². The third-order valence-corrected chi connectivity index (χ3v) is 4.28. The Morgan fingerprint density at radius 3 is 3.00 bits per heavy atom. The number of aromatic nitrogens is 5. The van der Waals surface area contributed by atoms with Crippen LogP contribution in [-0.2, 0) is 0 Å². The van der Waals surface area contributed by atoms with Crippen molar-refractivity contribution in [1.29, 1.82) is 0 Å². The van der Waals surface area contributed by atoms with E-state index >= 15 is 0 Å². The molecule has 0 fully saturated rings. The van der Waals surface area contributed by atoms with Crippen LogP contribution in [0.4, 0.5) is 5.69 Å². The quantitative estimate of drug-likeness (QED) is 0.490. The summed E-state index contributed by atoms with van der Waals surface area (Å²) < 4.78 is 6.92. The first-order valence-electron chi connectivity index (χ1n) is 8.01. The summed E-state index contributed by atoms with van der Waals surface area (Å²) in [6.07, 6.45) is 6.00. The minimum atomic E-state index is -0.132. The second kappa shape index (κ2) is 5.64. The van der Waals surface area contributed by atoms with Gasteiger partial charge in [-0.15, -0.1) is 0 Å². The van der Waals surface area contributed by atoms with Crippen molar-refractivity contribution >= 4 is 27.8 Å². The lowest BCUT2D eigenvalue weighted by atomic mass is 10.0. The first kappa shape index (κ1) is 15.0. The van der Waals surface area contributed by atoms with E-state index in [9.17, 15) is 4.79 Å². The lowest BCUT2D eigenvalue weighted by molar-refractivity contribution is 0.602. The molecule has 5 aromatic rings. The summed E-state index contributed by atoms with van der Waals surface area (Å²) >= 11 is 0. The molecule has 128 valence electrons. The Labute approximate surface area is 151 Å². The summed E-state index contributed by atoms with van der Waals surface area (Å²) in [4.78, 5) is 27.4. The number of nitrogens with zero attached hydrogens (tertiary/aromatic N) is 5. The van der Waals surface area contributed by atoms with Gasteiger partial charge in [0.1, 0.15) is 11.2 Å². The highest BCUT2D eigenvalue weighted by molar-refractivity contribution is 5.88. The van der Waals surface area contributed by atoms with Crippen molar-refractivity contribution in [2.75, 3.05) is 0 Å². The minimum Gasteiger partial charge on any atom is -0.443 e. The molecular weight excluding hydrogens is 344 g/mol. The maximum absolute atomic E-state index is 12.3. The monoisotopic (exact) mass is 354 g/mol. The maximum Gasteiger partial charge on any atom is 0.224 e. The SMILES string of the molecule is [C-]#[N+]c1cnn(-c2nc3[nH]ccc(=O)c3cc2-c2ccc3ncoc3c2)c1. The fraction of sp³-hybridized carbons (Fsp3) is 0. The standard InChI is InChI=1S/C19H10N6O2/c1-20-12-8-23-25(9-12)19-13(7-14-16(26)4-5-21-18(14)24-19)11-2-3-15-17(6-11)27-10-22-15/h2-10H,(H,21,24,26). The first-order chi connectivity index (χ1) is 13.2. The Morgan fingerprint density at radius 1 is 1.22 bits per heavy atom. The van der Waals surface area contributed by atoms with Gasteiger partial charge in [0.2, 0.25) is 5.69 Å². The second-order valence-electron chi connectivity index (χ2n) is 5.89. The highest BCUT2D eigenvalue weighted by Crippen LogP contribution is 2.30. The summed E-state index contributed by atoms with van der Waals surface area (Å²) in [5.41, 5.74) is 3.57. The molecule has 0 amide bonds. The van der Waals surface area contributed by atoms with Crippen LogP contribution in [0, 0.1) is 6.57 Å². The normalized spacial score (nSPS) is 11.1. The molecule has 8 nitrogen and oxygen atoms in total. The molecule has 0 spiro atoms. The van der Waals surface area contributed by atoms with Gasteiger partial charge in [0.15, 0.2) is 23.2 Å². The van der Waals surface area contributed by atoms with Crippen LogP contribution in [0.2, 0.25) is 0 Å². The third-order valence-electron chi connectivity index (χ3n) is 4.28. The van der Waals surface area contributed by atoms with Gasteiger partial charge in [0.05, 0.1) is 18.2 Å². The number of hydrogen-bond acceptors (Lipinski definition) is 5. The van der Waals surface area contributed by atoms with Crippen LogP contribution >= 0.6 is 0 Å². The molecule has 4 heterocycles. The molecule has 0 aliphatic rings. The molecule has 0 aliphatic carbocycles. The number of hydrogen-bond donors (Lipinski definition) is 1. The average Bonchev–Trinajstić information content (AvgIpc) is 3.36. The number of fused-ring (bicyclic) bond motifs is 2. The van der Waals surface area contributed by atoms with E-state index < -0.39 is 0 Å². The number of aromatic amines is 1. The predicted octanol–water partition coefficient (Wildman–Crippen LogP) is 3.47. The van der Waals surface area contributed by atoms with E-state index in [2.05, 4.69) is 24.9 Å². The zero-order chi connectivity index (χ0) is 18.4. The van der Waals surface area contributed by atoms with Crippen LogP contribution < -0.4 is 5.43 Å². The zero-order valence-corrected chi connectivity index (χ0v) is 13.7. The van der Waals surface area contributed by atoms with E-state index in [0.717, 1.165) is 11.1 Å². The van der Waals surface area contributed by atoms with Crippen LogP contribution in [0.15, 0.2) is 64.5 Å². The average molecular weight is 354 g/mol. The highest BCUT2D eigenvalue weighted by Gasteiger charge is 2.15. The van der Waals surface area contributed by atoms with Gasteiger partial charge in [0, 0.05) is 24.0 Å². The zero-order valence-electron chi connectivity index (χ0n) is 13.7.